The summed E-state index contributed by atoms with van der Waals surface area (Å²) in [6.45, 7) is 5.97. The topological polar surface area (TPSA) is 91.2 Å². The van der Waals surface area contributed by atoms with Crippen molar-refractivity contribution in [3.63, 3.8) is 0 Å². The number of fused-ring (bicyclic) bond motifs is 1. The molecule has 1 atom stereocenters. The van der Waals surface area contributed by atoms with Crippen LogP contribution in [0.1, 0.15) is 32.6 Å². The van der Waals surface area contributed by atoms with Crippen molar-refractivity contribution in [2.75, 3.05) is 13.6 Å². The molecule has 0 aromatic carbocycles. The summed E-state index contributed by atoms with van der Waals surface area (Å²) in [6, 6.07) is 3.48. The van der Waals surface area contributed by atoms with Gasteiger partial charge in [0.2, 0.25) is 5.91 Å². The van der Waals surface area contributed by atoms with Crippen molar-refractivity contribution < 1.29 is 9.21 Å². The highest BCUT2D eigenvalue weighted by molar-refractivity contribution is 7.17. The third-order valence-electron chi connectivity index (χ3n) is 4.15. The van der Waals surface area contributed by atoms with E-state index in [0.717, 1.165) is 5.56 Å². The van der Waals surface area contributed by atoms with Crippen molar-refractivity contribution in [3.8, 4) is 11.3 Å². The van der Waals surface area contributed by atoms with Gasteiger partial charge in [0.1, 0.15) is 16.4 Å². The molecule has 2 N–H and O–H groups in total. The van der Waals surface area contributed by atoms with E-state index in [1.165, 1.54) is 11.3 Å². The fourth-order valence-electron chi connectivity index (χ4n) is 2.72. The lowest BCUT2D eigenvalue weighted by molar-refractivity contribution is -0.122. The Kier molecular flexibility index (Phi) is 5.24. The summed E-state index contributed by atoms with van der Waals surface area (Å²) in [5.41, 5.74) is 0.539. The molecule has 26 heavy (non-hydrogen) atoms. The molecule has 8 heteroatoms. The van der Waals surface area contributed by atoms with Crippen LogP contribution in [0.15, 0.2) is 33.0 Å². The molecule has 0 aliphatic heterocycles. The van der Waals surface area contributed by atoms with Crippen LogP contribution in [0.5, 0.6) is 0 Å². The van der Waals surface area contributed by atoms with Crippen molar-refractivity contribution in [1.29, 1.82) is 0 Å². The normalized spacial score (nSPS) is 12.8. The lowest BCUT2D eigenvalue weighted by atomic mass is 10.2. The van der Waals surface area contributed by atoms with E-state index in [2.05, 4.69) is 15.3 Å². The maximum atomic E-state index is 12.6. The van der Waals surface area contributed by atoms with Crippen LogP contribution in [-0.2, 0) is 4.79 Å². The molecule has 0 spiro atoms. The minimum absolute atomic E-state index is 0.0611. The number of rotatable bonds is 6. The van der Waals surface area contributed by atoms with Gasteiger partial charge < -0.3 is 14.7 Å². The van der Waals surface area contributed by atoms with Gasteiger partial charge in [-0.15, -0.1) is 11.3 Å². The molecule has 3 rings (SSSR count). The summed E-state index contributed by atoms with van der Waals surface area (Å²) in [5.74, 6) is 1.12. The Hall–Kier alpha value is -2.45. The Morgan fingerprint density at radius 2 is 2.19 bits per heavy atom. The van der Waals surface area contributed by atoms with E-state index < -0.39 is 0 Å². The largest absolute Gasteiger partial charge is 0.464 e. The highest BCUT2D eigenvalue weighted by atomic mass is 32.1. The van der Waals surface area contributed by atoms with Crippen LogP contribution >= 0.6 is 11.3 Å². The third kappa shape index (κ3) is 3.71. The minimum atomic E-state index is -0.209. The zero-order valence-electron chi connectivity index (χ0n) is 15.2. The predicted molar refractivity (Wildman–Crippen MR) is 102 cm³/mol. The van der Waals surface area contributed by atoms with Crippen molar-refractivity contribution in [2.45, 2.75) is 32.9 Å². The van der Waals surface area contributed by atoms with Crippen molar-refractivity contribution in [1.82, 2.24) is 20.2 Å². The molecule has 0 bridgehead atoms. The monoisotopic (exact) mass is 374 g/mol. The van der Waals surface area contributed by atoms with Gasteiger partial charge in [-0.1, -0.05) is 0 Å². The summed E-state index contributed by atoms with van der Waals surface area (Å²) >= 11 is 1.40. The van der Waals surface area contributed by atoms with E-state index in [1.54, 1.807) is 12.3 Å². The summed E-state index contributed by atoms with van der Waals surface area (Å²) in [5, 5.41) is 5.26. The van der Waals surface area contributed by atoms with Crippen molar-refractivity contribution >= 4 is 27.5 Å². The molecule has 138 valence electrons. The number of nitrogens with zero attached hydrogens (tertiary/aromatic N) is 2. The van der Waals surface area contributed by atoms with Gasteiger partial charge in [0.05, 0.1) is 24.2 Å². The molecule has 0 fully saturated rings. The number of thiophene rings is 1. The van der Waals surface area contributed by atoms with E-state index >= 15 is 0 Å². The van der Waals surface area contributed by atoms with Gasteiger partial charge >= 0.3 is 0 Å². The molecule has 0 saturated heterocycles. The van der Waals surface area contributed by atoms with Gasteiger partial charge in [-0.3, -0.25) is 14.5 Å². The molecular weight excluding hydrogens is 352 g/mol. The second kappa shape index (κ2) is 7.43. The van der Waals surface area contributed by atoms with Gasteiger partial charge in [0, 0.05) is 17.0 Å². The zero-order chi connectivity index (χ0) is 18.8. The Balaban J connectivity index is 1.87. The first kappa shape index (κ1) is 18.3. The first-order valence-corrected chi connectivity index (χ1v) is 9.29. The molecule has 0 radical (unpaired) electrons. The predicted octanol–water partition coefficient (Wildman–Crippen LogP) is 2.76. The van der Waals surface area contributed by atoms with E-state index in [4.69, 9.17) is 4.42 Å². The molecular formula is C18H22N4O3S. The maximum Gasteiger partial charge on any atom is 0.260 e. The Labute approximate surface area is 155 Å². The van der Waals surface area contributed by atoms with Gasteiger partial charge in [0.15, 0.2) is 0 Å². The fraction of sp³-hybridized carbons (Fsp3) is 0.389. The van der Waals surface area contributed by atoms with Crippen LogP contribution in [0.2, 0.25) is 0 Å². The van der Waals surface area contributed by atoms with Gasteiger partial charge in [0.25, 0.3) is 5.56 Å². The SMILES string of the molecule is CC(C)NC(=O)CN(C)[C@@H](C)c1nc2scc(-c3ccco3)c2c(=O)[nH]1. The average Bonchev–Trinajstić information content (AvgIpc) is 3.21. The second-order valence-corrected chi connectivity index (χ2v) is 7.43. The Morgan fingerprint density at radius 1 is 1.42 bits per heavy atom. The lowest BCUT2D eigenvalue weighted by Crippen LogP contribution is -2.39. The fourth-order valence-corrected chi connectivity index (χ4v) is 3.65. The van der Waals surface area contributed by atoms with Crippen molar-refractivity contribution in [3.05, 3.63) is 40.0 Å². The second-order valence-electron chi connectivity index (χ2n) is 6.57. The molecule has 7 nitrogen and oxygen atoms in total. The number of carbonyl (C=O) groups is 1. The van der Waals surface area contributed by atoms with Crippen LogP contribution in [0.3, 0.4) is 0 Å². The number of aromatic amines is 1. The number of carbonyl (C=O) groups excluding carboxylic acids is 1. The molecule has 0 aliphatic rings. The smallest absolute Gasteiger partial charge is 0.260 e. The maximum absolute atomic E-state index is 12.6. The Morgan fingerprint density at radius 3 is 2.85 bits per heavy atom. The molecule has 3 aromatic heterocycles. The molecule has 3 heterocycles. The van der Waals surface area contributed by atoms with Crippen LogP contribution in [-0.4, -0.2) is 40.4 Å². The first-order valence-electron chi connectivity index (χ1n) is 8.41. The third-order valence-corrected chi connectivity index (χ3v) is 5.02. The number of H-pyrrole nitrogens is 1. The molecule has 3 aromatic rings. The zero-order valence-corrected chi connectivity index (χ0v) is 16.0. The number of amides is 1. The molecule has 0 saturated carbocycles. The van der Waals surface area contributed by atoms with Crippen LogP contribution < -0.4 is 10.9 Å². The number of hydrogen-bond donors (Lipinski definition) is 2. The van der Waals surface area contributed by atoms with Crippen LogP contribution in [0.4, 0.5) is 0 Å². The molecule has 1 amide bonds. The lowest BCUT2D eigenvalue weighted by Gasteiger charge is -2.23. The van der Waals surface area contributed by atoms with Crippen LogP contribution in [0, 0.1) is 0 Å². The van der Waals surface area contributed by atoms with Crippen molar-refractivity contribution in [2.24, 2.45) is 0 Å². The summed E-state index contributed by atoms with van der Waals surface area (Å²) < 4.78 is 5.41. The van der Waals surface area contributed by atoms with E-state index in [9.17, 15) is 9.59 Å². The number of likely N-dealkylation sites (N-methyl/N-ethyl adjacent to an activating group) is 1. The number of hydrogen-bond acceptors (Lipinski definition) is 6. The highest BCUT2D eigenvalue weighted by Gasteiger charge is 2.20. The standard InChI is InChI=1S/C18H22N4O3S/c1-10(2)19-14(23)8-22(4)11(3)16-20-17(24)15-12(9-26-18(15)21-16)13-6-5-7-25-13/h5-7,9-11H,8H2,1-4H3,(H,19,23)(H,20,21,24)/t11-/m0/s1. The average molecular weight is 374 g/mol. The number of aromatic nitrogens is 2. The quantitative estimate of drug-likeness (QED) is 0.692. The van der Waals surface area contributed by atoms with Crippen LogP contribution in [0.25, 0.3) is 21.5 Å². The van der Waals surface area contributed by atoms with E-state index in [1.807, 2.05) is 44.2 Å². The van der Waals surface area contributed by atoms with Gasteiger partial charge in [-0.05, 0) is 40.0 Å². The summed E-state index contributed by atoms with van der Waals surface area (Å²) in [7, 11) is 1.83. The molecule has 0 unspecified atom stereocenters. The number of furan rings is 1. The highest BCUT2D eigenvalue weighted by Crippen LogP contribution is 2.31. The van der Waals surface area contributed by atoms with Gasteiger partial charge in [-0.25, -0.2) is 4.98 Å². The van der Waals surface area contributed by atoms with E-state index in [0.29, 0.717) is 21.8 Å². The summed E-state index contributed by atoms with van der Waals surface area (Å²) in [4.78, 5) is 34.6. The first-order chi connectivity index (χ1) is 12.4. The molecule has 0 aliphatic carbocycles. The number of nitrogens with one attached hydrogen (secondary N) is 2. The Bertz CT molecular complexity index is 959. The van der Waals surface area contributed by atoms with Gasteiger partial charge in [-0.2, -0.15) is 0 Å². The minimum Gasteiger partial charge on any atom is -0.464 e. The summed E-state index contributed by atoms with van der Waals surface area (Å²) in [6.07, 6.45) is 1.58. The van der Waals surface area contributed by atoms with E-state index in [-0.39, 0.29) is 30.1 Å².